The molecule has 2 N–H and O–H groups in total. The lowest BCUT2D eigenvalue weighted by Crippen LogP contribution is -2.12. The Balaban J connectivity index is 2.33. The molecule has 0 fully saturated rings. The SMILES string of the molecule is O=S(=O)(Nc1ccc(O)cc1F)c1ccc(Cl)s1. The molecule has 8 heteroatoms. The lowest BCUT2D eigenvalue weighted by Gasteiger charge is -2.07. The van der Waals surface area contributed by atoms with Gasteiger partial charge in [0, 0.05) is 6.07 Å². The highest BCUT2D eigenvalue weighted by molar-refractivity contribution is 7.94. The zero-order chi connectivity index (χ0) is 13.3. The van der Waals surface area contributed by atoms with Crippen molar-refractivity contribution in [1.29, 1.82) is 0 Å². The summed E-state index contributed by atoms with van der Waals surface area (Å²) in [6.07, 6.45) is 0. The van der Waals surface area contributed by atoms with Crippen LogP contribution in [-0.4, -0.2) is 13.5 Å². The molecule has 1 aromatic heterocycles. The number of thiophene rings is 1. The van der Waals surface area contributed by atoms with Crippen molar-refractivity contribution in [1.82, 2.24) is 0 Å². The Labute approximate surface area is 112 Å². The third-order valence-corrected chi connectivity index (χ3v) is 5.10. The number of sulfonamides is 1. The maximum absolute atomic E-state index is 13.4. The number of hydrogen-bond donors (Lipinski definition) is 2. The van der Waals surface area contributed by atoms with Crippen molar-refractivity contribution in [2.24, 2.45) is 0 Å². The van der Waals surface area contributed by atoms with Gasteiger partial charge in [-0.2, -0.15) is 0 Å². The third-order valence-electron chi connectivity index (χ3n) is 2.01. The molecular weight excluding hydrogens is 301 g/mol. The molecule has 2 rings (SSSR count). The molecule has 0 aliphatic heterocycles. The van der Waals surface area contributed by atoms with Crippen molar-refractivity contribution in [3.8, 4) is 5.75 Å². The maximum atomic E-state index is 13.4. The lowest BCUT2D eigenvalue weighted by molar-refractivity contribution is 0.469. The van der Waals surface area contributed by atoms with E-state index < -0.39 is 15.8 Å². The minimum atomic E-state index is -3.87. The van der Waals surface area contributed by atoms with E-state index in [0.717, 1.165) is 23.5 Å². The molecule has 0 unspecified atom stereocenters. The van der Waals surface area contributed by atoms with E-state index in [1.54, 1.807) is 0 Å². The van der Waals surface area contributed by atoms with Gasteiger partial charge in [0.1, 0.15) is 9.96 Å². The van der Waals surface area contributed by atoms with Crippen molar-refractivity contribution in [2.75, 3.05) is 4.72 Å². The van der Waals surface area contributed by atoms with Crippen LogP contribution in [0.5, 0.6) is 5.75 Å². The van der Waals surface area contributed by atoms with Gasteiger partial charge < -0.3 is 5.11 Å². The Morgan fingerprint density at radius 1 is 1.28 bits per heavy atom. The minimum Gasteiger partial charge on any atom is -0.508 e. The fourth-order valence-electron chi connectivity index (χ4n) is 1.22. The first-order chi connectivity index (χ1) is 8.38. The molecule has 0 saturated heterocycles. The van der Waals surface area contributed by atoms with Gasteiger partial charge >= 0.3 is 0 Å². The van der Waals surface area contributed by atoms with Gasteiger partial charge in [-0.15, -0.1) is 11.3 Å². The number of phenols is 1. The topological polar surface area (TPSA) is 66.4 Å². The second-order valence-corrected chi connectivity index (χ2v) is 6.95. The van der Waals surface area contributed by atoms with E-state index in [1.165, 1.54) is 18.2 Å². The fraction of sp³-hybridized carbons (Fsp3) is 0. The number of aromatic hydroxyl groups is 1. The van der Waals surface area contributed by atoms with Crippen LogP contribution < -0.4 is 4.72 Å². The van der Waals surface area contributed by atoms with Crippen molar-refractivity contribution < 1.29 is 17.9 Å². The van der Waals surface area contributed by atoms with Gasteiger partial charge in [0.05, 0.1) is 10.0 Å². The summed E-state index contributed by atoms with van der Waals surface area (Å²) < 4.78 is 39.5. The summed E-state index contributed by atoms with van der Waals surface area (Å²) in [7, 11) is -3.87. The molecule has 0 aliphatic carbocycles. The predicted molar refractivity (Wildman–Crippen MR) is 68.2 cm³/mol. The normalized spacial score (nSPS) is 11.4. The second-order valence-electron chi connectivity index (χ2n) is 3.33. The van der Waals surface area contributed by atoms with Gasteiger partial charge in [-0.3, -0.25) is 4.72 Å². The van der Waals surface area contributed by atoms with E-state index in [4.69, 9.17) is 16.7 Å². The number of anilines is 1. The zero-order valence-corrected chi connectivity index (χ0v) is 11.1. The molecule has 18 heavy (non-hydrogen) atoms. The predicted octanol–water partition coefficient (Wildman–Crippen LogP) is 3.05. The number of hydrogen-bond acceptors (Lipinski definition) is 4. The molecule has 0 bridgehead atoms. The van der Waals surface area contributed by atoms with Crippen LogP contribution in [0.3, 0.4) is 0 Å². The molecule has 0 atom stereocenters. The Bertz CT molecular complexity index is 684. The molecule has 1 heterocycles. The van der Waals surface area contributed by atoms with E-state index >= 15 is 0 Å². The average molecular weight is 308 g/mol. The Hall–Kier alpha value is -1.31. The number of nitrogens with one attached hydrogen (secondary N) is 1. The monoisotopic (exact) mass is 307 g/mol. The van der Waals surface area contributed by atoms with Gasteiger partial charge in [-0.1, -0.05) is 11.6 Å². The third kappa shape index (κ3) is 2.74. The Kier molecular flexibility index (Phi) is 3.47. The molecule has 2 aromatic rings. The van der Waals surface area contributed by atoms with Gasteiger partial charge in [-0.05, 0) is 24.3 Å². The van der Waals surface area contributed by atoms with E-state index in [0.29, 0.717) is 4.34 Å². The zero-order valence-electron chi connectivity index (χ0n) is 8.72. The number of phenolic OH excluding ortho intramolecular Hbond substituents is 1. The first-order valence-electron chi connectivity index (χ1n) is 4.65. The fourth-order valence-corrected chi connectivity index (χ4v) is 3.77. The second kappa shape index (κ2) is 4.75. The molecule has 0 saturated carbocycles. The summed E-state index contributed by atoms with van der Waals surface area (Å²) in [4.78, 5) is 0. The van der Waals surface area contributed by atoms with Crippen molar-refractivity contribution in [3.63, 3.8) is 0 Å². The molecule has 0 amide bonds. The minimum absolute atomic E-state index is 0.0139. The summed E-state index contributed by atoms with van der Waals surface area (Å²) in [5, 5.41) is 9.02. The van der Waals surface area contributed by atoms with E-state index in [2.05, 4.69) is 4.72 Å². The average Bonchev–Trinajstić information content (AvgIpc) is 2.70. The molecule has 1 aromatic carbocycles. The van der Waals surface area contributed by atoms with Gasteiger partial charge in [0.25, 0.3) is 10.0 Å². The van der Waals surface area contributed by atoms with Gasteiger partial charge in [0.2, 0.25) is 0 Å². The van der Waals surface area contributed by atoms with Crippen LogP contribution in [-0.2, 0) is 10.0 Å². The van der Waals surface area contributed by atoms with Crippen LogP contribution in [0.2, 0.25) is 4.34 Å². The van der Waals surface area contributed by atoms with Crippen LogP contribution in [0.25, 0.3) is 0 Å². The smallest absolute Gasteiger partial charge is 0.271 e. The van der Waals surface area contributed by atoms with Crippen molar-refractivity contribution >= 4 is 38.6 Å². The number of halogens is 2. The summed E-state index contributed by atoms with van der Waals surface area (Å²) >= 11 is 6.51. The lowest BCUT2D eigenvalue weighted by atomic mass is 10.3. The first kappa shape index (κ1) is 13.1. The van der Waals surface area contributed by atoms with Crippen LogP contribution in [0.4, 0.5) is 10.1 Å². The van der Waals surface area contributed by atoms with Crippen LogP contribution in [0, 0.1) is 5.82 Å². The molecule has 96 valence electrons. The Morgan fingerprint density at radius 3 is 2.56 bits per heavy atom. The summed E-state index contributed by atoms with van der Waals surface area (Å²) in [5.74, 6) is -1.14. The highest BCUT2D eigenvalue weighted by Crippen LogP contribution is 2.28. The first-order valence-corrected chi connectivity index (χ1v) is 7.33. The summed E-state index contributed by atoms with van der Waals surface area (Å²) in [5.41, 5.74) is -0.239. The highest BCUT2D eigenvalue weighted by atomic mass is 35.5. The van der Waals surface area contributed by atoms with E-state index in [-0.39, 0.29) is 15.6 Å². The number of rotatable bonds is 3. The standard InChI is InChI=1S/C10H7ClFNO3S2/c11-9-3-4-10(17-9)18(15,16)13-8-2-1-6(14)5-7(8)12/h1-5,13-14H. The van der Waals surface area contributed by atoms with E-state index in [9.17, 15) is 12.8 Å². The number of benzene rings is 1. The van der Waals surface area contributed by atoms with Gasteiger partial charge in [0.15, 0.2) is 5.82 Å². The highest BCUT2D eigenvalue weighted by Gasteiger charge is 2.18. The summed E-state index contributed by atoms with van der Waals surface area (Å²) in [6, 6.07) is 5.90. The van der Waals surface area contributed by atoms with E-state index in [1.807, 2.05) is 0 Å². The van der Waals surface area contributed by atoms with Crippen molar-refractivity contribution in [2.45, 2.75) is 4.21 Å². The summed E-state index contributed by atoms with van der Waals surface area (Å²) in [6.45, 7) is 0. The van der Waals surface area contributed by atoms with Crippen LogP contribution in [0.15, 0.2) is 34.5 Å². The van der Waals surface area contributed by atoms with Crippen molar-refractivity contribution in [3.05, 3.63) is 40.5 Å². The largest absolute Gasteiger partial charge is 0.508 e. The van der Waals surface area contributed by atoms with Gasteiger partial charge in [-0.25, -0.2) is 12.8 Å². The van der Waals surface area contributed by atoms with Crippen LogP contribution >= 0.6 is 22.9 Å². The molecule has 0 spiro atoms. The molecular formula is C10H7ClFNO3S2. The maximum Gasteiger partial charge on any atom is 0.271 e. The van der Waals surface area contributed by atoms with Crippen LogP contribution in [0.1, 0.15) is 0 Å². The molecule has 0 aliphatic rings. The quantitative estimate of drug-likeness (QED) is 0.857. The molecule has 4 nitrogen and oxygen atoms in total. The molecule has 0 radical (unpaired) electrons. The Morgan fingerprint density at radius 2 is 2.00 bits per heavy atom.